The minimum Gasteiger partial charge on any atom is -0.493 e. The Morgan fingerprint density at radius 3 is 2.48 bits per heavy atom. The molecule has 0 spiro atoms. The summed E-state index contributed by atoms with van der Waals surface area (Å²) in [5, 5.41) is 0. The number of hydrogen-bond acceptors (Lipinski definition) is 4. The van der Waals surface area contributed by atoms with E-state index in [1.807, 2.05) is 24.3 Å². The first kappa shape index (κ1) is 17.5. The van der Waals surface area contributed by atoms with Gasteiger partial charge in [-0.2, -0.15) is 0 Å². The molecule has 1 unspecified atom stereocenters. The standard InChI is InChI=1S/C19H18BrNO4/c1-24-19(23)14-2-8-17(9-3-14)25-12-13-10-18(22)21(11-13)16-6-4-15(20)5-7-16/h2-9,13H,10-12H2,1H3. The van der Waals surface area contributed by atoms with E-state index in [0.29, 0.717) is 30.9 Å². The smallest absolute Gasteiger partial charge is 0.337 e. The number of halogens is 1. The van der Waals surface area contributed by atoms with Crippen LogP contribution >= 0.6 is 15.9 Å². The van der Waals surface area contributed by atoms with Gasteiger partial charge in [-0.3, -0.25) is 4.79 Å². The Morgan fingerprint density at radius 1 is 1.16 bits per heavy atom. The second kappa shape index (κ2) is 7.70. The van der Waals surface area contributed by atoms with E-state index in [1.165, 1.54) is 7.11 Å². The molecule has 2 aromatic carbocycles. The van der Waals surface area contributed by atoms with Crippen molar-refractivity contribution in [3.8, 4) is 5.75 Å². The molecule has 1 heterocycles. The van der Waals surface area contributed by atoms with E-state index in [4.69, 9.17) is 4.74 Å². The molecule has 0 saturated carbocycles. The maximum atomic E-state index is 12.2. The zero-order valence-electron chi connectivity index (χ0n) is 13.8. The van der Waals surface area contributed by atoms with Crippen molar-refractivity contribution in [1.82, 2.24) is 0 Å². The number of methoxy groups -OCH3 is 1. The molecule has 0 bridgehead atoms. The second-order valence-corrected chi connectivity index (χ2v) is 6.79. The molecule has 130 valence electrons. The van der Waals surface area contributed by atoms with Gasteiger partial charge < -0.3 is 14.4 Å². The average molecular weight is 404 g/mol. The van der Waals surface area contributed by atoms with Crippen molar-refractivity contribution < 1.29 is 19.1 Å². The predicted octanol–water partition coefficient (Wildman–Crippen LogP) is 3.67. The molecule has 0 radical (unpaired) electrons. The van der Waals surface area contributed by atoms with E-state index in [1.54, 1.807) is 29.2 Å². The molecule has 1 aliphatic heterocycles. The first-order valence-electron chi connectivity index (χ1n) is 7.94. The lowest BCUT2D eigenvalue weighted by molar-refractivity contribution is -0.117. The topological polar surface area (TPSA) is 55.8 Å². The summed E-state index contributed by atoms with van der Waals surface area (Å²) < 4.78 is 11.4. The average Bonchev–Trinajstić information content (AvgIpc) is 3.01. The van der Waals surface area contributed by atoms with Crippen molar-refractivity contribution in [2.75, 3.05) is 25.2 Å². The lowest BCUT2D eigenvalue weighted by Gasteiger charge is -2.17. The fourth-order valence-electron chi connectivity index (χ4n) is 2.78. The van der Waals surface area contributed by atoms with Gasteiger partial charge in [0.15, 0.2) is 0 Å². The highest BCUT2D eigenvalue weighted by Gasteiger charge is 2.31. The van der Waals surface area contributed by atoms with Crippen molar-refractivity contribution in [2.24, 2.45) is 5.92 Å². The summed E-state index contributed by atoms with van der Waals surface area (Å²) in [6.07, 6.45) is 0.469. The summed E-state index contributed by atoms with van der Waals surface area (Å²) in [5.74, 6) is 0.536. The maximum Gasteiger partial charge on any atom is 0.337 e. The largest absolute Gasteiger partial charge is 0.493 e. The summed E-state index contributed by atoms with van der Waals surface area (Å²) in [7, 11) is 1.35. The molecule has 1 fully saturated rings. The van der Waals surface area contributed by atoms with Crippen molar-refractivity contribution >= 4 is 33.5 Å². The summed E-state index contributed by atoms with van der Waals surface area (Å²) in [6, 6.07) is 14.5. The van der Waals surface area contributed by atoms with E-state index in [-0.39, 0.29) is 17.8 Å². The van der Waals surface area contributed by atoms with Crippen molar-refractivity contribution in [3.05, 3.63) is 58.6 Å². The molecule has 1 atom stereocenters. The van der Waals surface area contributed by atoms with Crippen molar-refractivity contribution in [3.63, 3.8) is 0 Å². The number of ether oxygens (including phenoxy) is 2. The van der Waals surface area contributed by atoms with Crippen LogP contribution in [0.4, 0.5) is 5.69 Å². The van der Waals surface area contributed by atoms with Crippen LogP contribution in [0.3, 0.4) is 0 Å². The molecule has 2 aromatic rings. The predicted molar refractivity (Wildman–Crippen MR) is 97.9 cm³/mol. The normalized spacial score (nSPS) is 16.8. The van der Waals surface area contributed by atoms with Crippen LogP contribution in [0.25, 0.3) is 0 Å². The number of rotatable bonds is 5. The zero-order valence-corrected chi connectivity index (χ0v) is 15.4. The molecule has 3 rings (SSSR count). The first-order chi connectivity index (χ1) is 12.1. The van der Waals surface area contributed by atoms with Gasteiger partial charge in [-0.05, 0) is 48.5 Å². The molecule has 5 nitrogen and oxygen atoms in total. The van der Waals surface area contributed by atoms with Gasteiger partial charge in [0, 0.05) is 29.0 Å². The monoisotopic (exact) mass is 403 g/mol. The van der Waals surface area contributed by atoms with E-state index < -0.39 is 0 Å². The van der Waals surface area contributed by atoms with E-state index in [9.17, 15) is 9.59 Å². The highest BCUT2D eigenvalue weighted by molar-refractivity contribution is 9.10. The number of benzene rings is 2. The van der Waals surface area contributed by atoms with Gasteiger partial charge in [0.25, 0.3) is 0 Å². The fourth-order valence-corrected chi connectivity index (χ4v) is 3.05. The number of carbonyl (C=O) groups is 2. The Hall–Kier alpha value is -2.34. The second-order valence-electron chi connectivity index (χ2n) is 5.88. The van der Waals surface area contributed by atoms with Crippen LogP contribution < -0.4 is 9.64 Å². The maximum absolute atomic E-state index is 12.2. The number of anilines is 1. The molecule has 0 aromatic heterocycles. The summed E-state index contributed by atoms with van der Waals surface area (Å²) in [5.41, 5.74) is 1.38. The molecule has 1 saturated heterocycles. The van der Waals surface area contributed by atoms with Gasteiger partial charge in [-0.15, -0.1) is 0 Å². The number of carbonyl (C=O) groups excluding carboxylic acids is 2. The van der Waals surface area contributed by atoms with Crippen LogP contribution in [0.5, 0.6) is 5.75 Å². The summed E-state index contributed by atoms with van der Waals surface area (Å²) in [6.45, 7) is 1.09. The van der Waals surface area contributed by atoms with Crippen LogP contribution in [0.15, 0.2) is 53.0 Å². The number of amides is 1. The Labute approximate surface area is 154 Å². The van der Waals surface area contributed by atoms with Gasteiger partial charge >= 0.3 is 5.97 Å². The summed E-state index contributed by atoms with van der Waals surface area (Å²) in [4.78, 5) is 25.4. The fraction of sp³-hybridized carbons (Fsp3) is 0.263. The molecule has 1 amide bonds. The minimum absolute atomic E-state index is 0.108. The Morgan fingerprint density at radius 2 is 1.84 bits per heavy atom. The molecule has 0 N–H and O–H groups in total. The molecule has 25 heavy (non-hydrogen) atoms. The summed E-state index contributed by atoms with van der Waals surface area (Å²) >= 11 is 3.40. The van der Waals surface area contributed by atoms with E-state index in [2.05, 4.69) is 20.7 Å². The zero-order chi connectivity index (χ0) is 17.8. The van der Waals surface area contributed by atoms with Gasteiger partial charge in [-0.25, -0.2) is 4.79 Å². The van der Waals surface area contributed by atoms with E-state index in [0.717, 1.165) is 10.2 Å². The highest BCUT2D eigenvalue weighted by atomic mass is 79.9. The third-order valence-corrected chi connectivity index (χ3v) is 4.63. The third-order valence-electron chi connectivity index (χ3n) is 4.10. The van der Waals surface area contributed by atoms with Crippen LogP contribution in [-0.2, 0) is 9.53 Å². The lowest BCUT2D eigenvalue weighted by atomic mass is 10.1. The van der Waals surface area contributed by atoms with Gasteiger partial charge in [-0.1, -0.05) is 15.9 Å². The van der Waals surface area contributed by atoms with Crippen LogP contribution in [0, 0.1) is 5.92 Å². The Bertz CT molecular complexity index is 758. The van der Waals surface area contributed by atoms with Gasteiger partial charge in [0.05, 0.1) is 19.3 Å². The third kappa shape index (κ3) is 4.20. The Kier molecular flexibility index (Phi) is 5.38. The van der Waals surface area contributed by atoms with E-state index >= 15 is 0 Å². The first-order valence-corrected chi connectivity index (χ1v) is 8.73. The minimum atomic E-state index is -0.377. The van der Waals surface area contributed by atoms with Crippen LogP contribution in [0.2, 0.25) is 0 Å². The Balaban J connectivity index is 1.56. The molecular formula is C19H18BrNO4. The van der Waals surface area contributed by atoms with Gasteiger partial charge in [0.1, 0.15) is 5.75 Å². The SMILES string of the molecule is COC(=O)c1ccc(OCC2CC(=O)N(c3ccc(Br)cc3)C2)cc1. The van der Waals surface area contributed by atoms with Crippen LogP contribution in [0.1, 0.15) is 16.8 Å². The number of nitrogens with zero attached hydrogens (tertiary/aromatic N) is 1. The lowest BCUT2D eigenvalue weighted by Crippen LogP contribution is -2.25. The van der Waals surface area contributed by atoms with Gasteiger partial charge in [0.2, 0.25) is 5.91 Å². The molecule has 0 aliphatic carbocycles. The molecule has 6 heteroatoms. The number of esters is 1. The van der Waals surface area contributed by atoms with Crippen molar-refractivity contribution in [1.29, 1.82) is 0 Å². The van der Waals surface area contributed by atoms with Crippen LogP contribution in [-0.4, -0.2) is 32.1 Å². The van der Waals surface area contributed by atoms with Crippen molar-refractivity contribution in [2.45, 2.75) is 6.42 Å². The quantitative estimate of drug-likeness (QED) is 0.714. The molecular weight excluding hydrogens is 386 g/mol. The molecule has 1 aliphatic rings. The highest BCUT2D eigenvalue weighted by Crippen LogP contribution is 2.27. The number of hydrogen-bond donors (Lipinski definition) is 0.